The lowest BCUT2D eigenvalue weighted by Gasteiger charge is -2.26. The number of carbonyl (C=O) groups excluding carboxylic acids is 2. The van der Waals surface area contributed by atoms with Crippen LogP contribution < -0.4 is 4.72 Å². The molecule has 1 aliphatic heterocycles. The number of hydrogen-bond donors (Lipinski definition) is 1. The van der Waals surface area contributed by atoms with Crippen LogP contribution in [0.2, 0.25) is 5.02 Å². The summed E-state index contributed by atoms with van der Waals surface area (Å²) in [6.07, 6.45) is 2.08. The Kier molecular flexibility index (Phi) is 9.03. The number of sulfonamides is 1. The first-order valence-corrected chi connectivity index (χ1v) is 11.9. The lowest BCUT2D eigenvalue weighted by atomic mass is 10.2. The van der Waals surface area contributed by atoms with Gasteiger partial charge in [0.15, 0.2) is 6.61 Å². The minimum absolute atomic E-state index is 0.0109. The van der Waals surface area contributed by atoms with Crippen LogP contribution in [0.4, 0.5) is 0 Å². The standard InChI is InChI=1S/C17H23ClN2O6S2/c1-27-11-6-15(19-28(23,24)14-4-2-13(18)3-5-14)17(22)26-12-16(21)20-7-9-25-10-8-20/h2-5,15,19H,6-12H2,1H3/t15-/m0/s1. The number of rotatable bonds is 9. The van der Waals surface area contributed by atoms with E-state index in [1.165, 1.54) is 36.0 Å². The van der Waals surface area contributed by atoms with Crippen molar-refractivity contribution in [2.75, 3.05) is 44.9 Å². The van der Waals surface area contributed by atoms with E-state index >= 15 is 0 Å². The summed E-state index contributed by atoms with van der Waals surface area (Å²) in [5.41, 5.74) is 0. The quantitative estimate of drug-likeness (QED) is 0.563. The molecule has 1 aromatic rings. The van der Waals surface area contributed by atoms with E-state index in [1.807, 2.05) is 6.26 Å². The van der Waals surface area contributed by atoms with Crippen molar-refractivity contribution < 1.29 is 27.5 Å². The molecule has 0 aliphatic carbocycles. The molecule has 1 saturated heterocycles. The number of amides is 1. The molecular weight excluding hydrogens is 428 g/mol. The Balaban J connectivity index is 1.99. The third-order valence-electron chi connectivity index (χ3n) is 4.02. The first-order valence-electron chi connectivity index (χ1n) is 8.62. The van der Waals surface area contributed by atoms with Gasteiger partial charge in [-0.15, -0.1) is 0 Å². The summed E-state index contributed by atoms with van der Waals surface area (Å²) < 4.78 is 37.7. The van der Waals surface area contributed by atoms with Crippen molar-refractivity contribution in [1.29, 1.82) is 0 Å². The van der Waals surface area contributed by atoms with Crippen LogP contribution in [0.25, 0.3) is 0 Å². The number of nitrogens with zero attached hydrogens (tertiary/aromatic N) is 1. The van der Waals surface area contributed by atoms with Crippen molar-refractivity contribution in [1.82, 2.24) is 9.62 Å². The summed E-state index contributed by atoms with van der Waals surface area (Å²) in [7, 11) is -3.94. The van der Waals surface area contributed by atoms with Gasteiger partial charge >= 0.3 is 5.97 Å². The Bertz CT molecular complexity index is 766. The number of nitrogens with one attached hydrogen (secondary N) is 1. The van der Waals surface area contributed by atoms with Crippen molar-refractivity contribution >= 4 is 45.3 Å². The number of carbonyl (C=O) groups is 2. The van der Waals surface area contributed by atoms with Crippen LogP contribution in [0, 0.1) is 0 Å². The topological polar surface area (TPSA) is 102 Å². The number of halogens is 1. The van der Waals surface area contributed by atoms with Crippen LogP contribution in [-0.4, -0.2) is 76.2 Å². The average Bonchev–Trinajstić information content (AvgIpc) is 2.70. The van der Waals surface area contributed by atoms with E-state index in [2.05, 4.69) is 4.72 Å². The average molecular weight is 451 g/mol. The SMILES string of the molecule is CSCC[C@H](NS(=O)(=O)c1ccc(Cl)cc1)C(=O)OCC(=O)N1CCOCC1. The van der Waals surface area contributed by atoms with Crippen LogP contribution >= 0.6 is 23.4 Å². The molecule has 156 valence electrons. The van der Waals surface area contributed by atoms with Gasteiger partial charge in [-0.25, -0.2) is 8.42 Å². The first kappa shape index (κ1) is 23.0. The predicted molar refractivity (Wildman–Crippen MR) is 107 cm³/mol. The molecule has 28 heavy (non-hydrogen) atoms. The molecule has 1 N–H and O–H groups in total. The normalized spacial score (nSPS) is 15.9. The summed E-state index contributed by atoms with van der Waals surface area (Å²) in [6, 6.07) is 4.51. The Morgan fingerprint density at radius 2 is 1.93 bits per heavy atom. The summed E-state index contributed by atoms with van der Waals surface area (Å²) in [5.74, 6) is -0.575. The Hall–Kier alpha value is -1.33. The van der Waals surface area contributed by atoms with Crippen LogP contribution in [0.1, 0.15) is 6.42 Å². The van der Waals surface area contributed by atoms with Gasteiger partial charge in [0.05, 0.1) is 18.1 Å². The molecule has 0 bridgehead atoms. The van der Waals surface area contributed by atoms with Gasteiger partial charge in [0.2, 0.25) is 10.0 Å². The number of morpholine rings is 1. The highest BCUT2D eigenvalue weighted by Gasteiger charge is 2.28. The zero-order valence-electron chi connectivity index (χ0n) is 15.4. The van der Waals surface area contributed by atoms with Crippen LogP contribution in [0.15, 0.2) is 29.2 Å². The zero-order chi connectivity index (χ0) is 20.6. The highest BCUT2D eigenvalue weighted by atomic mass is 35.5. The fourth-order valence-corrected chi connectivity index (χ4v) is 4.28. The van der Waals surface area contributed by atoms with Crippen LogP contribution in [0.5, 0.6) is 0 Å². The van der Waals surface area contributed by atoms with Crippen molar-refractivity contribution in [2.45, 2.75) is 17.4 Å². The monoisotopic (exact) mass is 450 g/mol. The third kappa shape index (κ3) is 6.93. The summed E-state index contributed by atoms with van der Waals surface area (Å²) in [6.45, 7) is 1.33. The van der Waals surface area contributed by atoms with Crippen LogP contribution in [0.3, 0.4) is 0 Å². The predicted octanol–water partition coefficient (Wildman–Crippen LogP) is 1.14. The van der Waals surface area contributed by atoms with Gasteiger partial charge in [-0.2, -0.15) is 16.5 Å². The maximum absolute atomic E-state index is 12.5. The summed E-state index contributed by atoms with van der Waals surface area (Å²) >= 11 is 7.25. The Labute approximate surface area is 173 Å². The highest BCUT2D eigenvalue weighted by molar-refractivity contribution is 7.98. The molecule has 1 aromatic carbocycles. The molecule has 0 aromatic heterocycles. The fraction of sp³-hybridized carbons (Fsp3) is 0.529. The smallest absolute Gasteiger partial charge is 0.324 e. The molecule has 1 fully saturated rings. The molecule has 0 spiro atoms. The maximum Gasteiger partial charge on any atom is 0.324 e. The highest BCUT2D eigenvalue weighted by Crippen LogP contribution is 2.15. The van der Waals surface area contributed by atoms with Gasteiger partial charge in [-0.05, 0) is 42.7 Å². The molecule has 1 aliphatic rings. The van der Waals surface area contributed by atoms with Gasteiger partial charge in [-0.3, -0.25) is 9.59 Å². The molecule has 1 amide bonds. The van der Waals surface area contributed by atoms with Gasteiger partial charge in [-0.1, -0.05) is 11.6 Å². The minimum Gasteiger partial charge on any atom is -0.454 e. The van der Waals surface area contributed by atoms with E-state index in [1.54, 1.807) is 4.90 Å². The van der Waals surface area contributed by atoms with Crippen molar-refractivity contribution in [3.63, 3.8) is 0 Å². The molecule has 0 unspecified atom stereocenters. The van der Waals surface area contributed by atoms with Gasteiger partial charge in [0.25, 0.3) is 5.91 Å². The molecular formula is C17H23ClN2O6S2. The molecule has 1 heterocycles. The number of benzene rings is 1. The molecule has 1 atom stereocenters. The minimum atomic E-state index is -3.94. The lowest BCUT2D eigenvalue weighted by molar-refractivity contribution is -0.154. The van der Waals surface area contributed by atoms with E-state index in [4.69, 9.17) is 21.1 Å². The van der Waals surface area contributed by atoms with E-state index in [-0.39, 0.29) is 17.2 Å². The number of ether oxygens (including phenoxy) is 2. The van der Waals surface area contributed by atoms with E-state index < -0.39 is 28.6 Å². The van der Waals surface area contributed by atoms with Crippen molar-refractivity contribution in [3.05, 3.63) is 29.3 Å². The second-order valence-corrected chi connectivity index (χ2v) is 9.15. The third-order valence-corrected chi connectivity index (χ3v) is 6.40. The van der Waals surface area contributed by atoms with Crippen molar-refractivity contribution in [3.8, 4) is 0 Å². The van der Waals surface area contributed by atoms with Gasteiger partial charge < -0.3 is 14.4 Å². The largest absolute Gasteiger partial charge is 0.454 e. The van der Waals surface area contributed by atoms with Crippen LogP contribution in [-0.2, 0) is 29.1 Å². The molecule has 2 rings (SSSR count). The van der Waals surface area contributed by atoms with E-state index in [9.17, 15) is 18.0 Å². The lowest BCUT2D eigenvalue weighted by Crippen LogP contribution is -2.45. The number of hydrogen-bond acceptors (Lipinski definition) is 7. The van der Waals surface area contributed by atoms with Gasteiger partial charge in [0, 0.05) is 18.1 Å². The second kappa shape index (κ2) is 11.0. The van der Waals surface area contributed by atoms with E-state index in [0.29, 0.717) is 37.1 Å². The summed E-state index contributed by atoms with van der Waals surface area (Å²) in [5, 5.41) is 0.402. The van der Waals surface area contributed by atoms with E-state index in [0.717, 1.165) is 0 Å². The number of esters is 1. The molecule has 0 radical (unpaired) electrons. The second-order valence-electron chi connectivity index (χ2n) is 6.01. The molecule has 11 heteroatoms. The Morgan fingerprint density at radius 3 is 2.54 bits per heavy atom. The molecule has 0 saturated carbocycles. The maximum atomic E-state index is 12.5. The molecule has 8 nitrogen and oxygen atoms in total. The zero-order valence-corrected chi connectivity index (χ0v) is 17.8. The number of thioether (sulfide) groups is 1. The Morgan fingerprint density at radius 1 is 1.29 bits per heavy atom. The van der Waals surface area contributed by atoms with Gasteiger partial charge in [0.1, 0.15) is 6.04 Å². The fourth-order valence-electron chi connectivity index (χ4n) is 2.47. The van der Waals surface area contributed by atoms with Crippen molar-refractivity contribution in [2.24, 2.45) is 0 Å². The summed E-state index contributed by atoms with van der Waals surface area (Å²) in [4.78, 5) is 26.1. The first-order chi connectivity index (χ1) is 13.3.